The maximum absolute atomic E-state index is 13.6. The number of amidine groups is 1. The van der Waals surface area contributed by atoms with E-state index in [2.05, 4.69) is 10.3 Å². The molecule has 2 rings (SSSR count). The molecular weight excluding hydrogens is 275 g/mol. The van der Waals surface area contributed by atoms with Crippen LogP contribution in [-0.2, 0) is 4.74 Å². The van der Waals surface area contributed by atoms with Crippen molar-refractivity contribution in [2.45, 2.75) is 12.5 Å². The van der Waals surface area contributed by atoms with Gasteiger partial charge in [0, 0.05) is 24.5 Å². The predicted octanol–water partition coefficient (Wildman–Crippen LogP) is 3.40. The summed E-state index contributed by atoms with van der Waals surface area (Å²) in [5.41, 5.74) is 0.401. The van der Waals surface area contributed by atoms with Gasteiger partial charge in [0.15, 0.2) is 5.17 Å². The molecule has 0 fully saturated rings. The maximum atomic E-state index is 13.6. The van der Waals surface area contributed by atoms with Crippen LogP contribution in [-0.4, -0.2) is 30.7 Å². The molecule has 0 spiro atoms. The van der Waals surface area contributed by atoms with Crippen LogP contribution in [0.2, 0.25) is 5.02 Å². The number of methoxy groups -OCH3 is 1. The van der Waals surface area contributed by atoms with Crippen LogP contribution in [0.5, 0.6) is 0 Å². The number of ether oxygens (including phenoxy) is 1. The third-order valence-electron chi connectivity index (χ3n) is 2.54. The molecule has 0 saturated carbocycles. The molecule has 1 aromatic rings. The average molecular weight is 289 g/mol. The first-order valence-electron chi connectivity index (χ1n) is 5.60. The van der Waals surface area contributed by atoms with Gasteiger partial charge in [0.2, 0.25) is 0 Å². The lowest BCUT2D eigenvalue weighted by atomic mass is 10.2. The number of benzene rings is 1. The van der Waals surface area contributed by atoms with E-state index in [-0.39, 0.29) is 11.9 Å². The smallest absolute Gasteiger partial charge is 0.161 e. The minimum atomic E-state index is -0.369. The largest absolute Gasteiger partial charge is 0.385 e. The summed E-state index contributed by atoms with van der Waals surface area (Å²) >= 11 is 7.29. The lowest BCUT2D eigenvalue weighted by Gasteiger charge is -2.06. The molecule has 0 bridgehead atoms. The second-order valence-electron chi connectivity index (χ2n) is 3.93. The molecule has 1 N–H and O–H groups in total. The first-order chi connectivity index (χ1) is 8.69. The molecule has 1 aromatic carbocycles. The highest BCUT2D eigenvalue weighted by molar-refractivity contribution is 8.14. The second-order valence-corrected chi connectivity index (χ2v) is 5.37. The van der Waals surface area contributed by atoms with Gasteiger partial charge in [-0.3, -0.25) is 4.99 Å². The molecule has 0 aromatic heterocycles. The van der Waals surface area contributed by atoms with Gasteiger partial charge < -0.3 is 10.1 Å². The number of thioether (sulfide) groups is 1. The maximum Gasteiger partial charge on any atom is 0.161 e. The summed E-state index contributed by atoms with van der Waals surface area (Å²) in [6, 6.07) is 4.79. The van der Waals surface area contributed by atoms with Crippen molar-refractivity contribution >= 4 is 34.2 Å². The third kappa shape index (κ3) is 3.60. The van der Waals surface area contributed by atoms with E-state index in [0.29, 0.717) is 17.3 Å². The molecule has 0 aliphatic carbocycles. The Morgan fingerprint density at radius 3 is 3.17 bits per heavy atom. The number of aliphatic imine (C=N–C) groups is 1. The van der Waals surface area contributed by atoms with Gasteiger partial charge in [-0.1, -0.05) is 23.4 Å². The number of anilines is 1. The van der Waals surface area contributed by atoms with Gasteiger partial charge in [-0.15, -0.1) is 0 Å². The van der Waals surface area contributed by atoms with Gasteiger partial charge in [-0.05, 0) is 24.6 Å². The summed E-state index contributed by atoms with van der Waals surface area (Å²) in [6.45, 7) is 0.692. The van der Waals surface area contributed by atoms with Crippen molar-refractivity contribution < 1.29 is 9.13 Å². The van der Waals surface area contributed by atoms with E-state index in [1.807, 2.05) is 0 Å². The summed E-state index contributed by atoms with van der Waals surface area (Å²) in [6.07, 6.45) is 0.887. The number of hydrogen-bond acceptors (Lipinski definition) is 4. The van der Waals surface area contributed by atoms with Gasteiger partial charge in [0.05, 0.1) is 11.7 Å². The fraction of sp³-hybridized carbons (Fsp3) is 0.417. The quantitative estimate of drug-likeness (QED) is 0.922. The molecule has 1 aliphatic heterocycles. The van der Waals surface area contributed by atoms with Crippen LogP contribution in [0.3, 0.4) is 0 Å². The van der Waals surface area contributed by atoms with E-state index in [0.717, 1.165) is 17.3 Å². The van der Waals surface area contributed by atoms with Crippen LogP contribution in [0.4, 0.5) is 10.1 Å². The first-order valence-corrected chi connectivity index (χ1v) is 6.97. The summed E-state index contributed by atoms with van der Waals surface area (Å²) in [5, 5.41) is 4.11. The number of hydrogen-bond donors (Lipinski definition) is 1. The number of nitrogens with zero attached hydrogens (tertiary/aromatic N) is 1. The Kier molecular flexibility index (Phi) is 4.86. The van der Waals surface area contributed by atoms with E-state index < -0.39 is 0 Å². The van der Waals surface area contributed by atoms with Crippen molar-refractivity contribution in [2.24, 2.45) is 4.99 Å². The molecule has 1 aliphatic rings. The van der Waals surface area contributed by atoms with Crippen molar-refractivity contribution in [3.8, 4) is 0 Å². The molecule has 18 heavy (non-hydrogen) atoms. The lowest BCUT2D eigenvalue weighted by molar-refractivity contribution is 0.190. The number of nitrogens with one attached hydrogen (secondary N) is 1. The van der Waals surface area contributed by atoms with Gasteiger partial charge in [0.1, 0.15) is 5.82 Å². The molecule has 98 valence electrons. The van der Waals surface area contributed by atoms with Crippen molar-refractivity contribution in [1.29, 1.82) is 0 Å². The van der Waals surface area contributed by atoms with Gasteiger partial charge in [-0.2, -0.15) is 0 Å². The average Bonchev–Trinajstić information content (AvgIpc) is 2.78. The van der Waals surface area contributed by atoms with Crippen LogP contribution < -0.4 is 5.32 Å². The molecule has 0 radical (unpaired) electrons. The van der Waals surface area contributed by atoms with Crippen molar-refractivity contribution in [1.82, 2.24) is 0 Å². The Bertz CT molecular complexity index is 456. The van der Waals surface area contributed by atoms with Crippen molar-refractivity contribution in [2.75, 3.05) is 24.8 Å². The highest BCUT2D eigenvalue weighted by Gasteiger charge is 2.18. The van der Waals surface area contributed by atoms with E-state index in [9.17, 15) is 4.39 Å². The van der Waals surface area contributed by atoms with E-state index in [1.165, 1.54) is 6.07 Å². The molecule has 1 unspecified atom stereocenters. The Morgan fingerprint density at radius 1 is 1.61 bits per heavy atom. The lowest BCUT2D eigenvalue weighted by Crippen LogP contribution is -2.08. The van der Waals surface area contributed by atoms with Crippen LogP contribution in [0, 0.1) is 5.82 Å². The molecule has 3 nitrogen and oxygen atoms in total. The normalized spacial score (nSPS) is 18.8. The van der Waals surface area contributed by atoms with Gasteiger partial charge in [-0.25, -0.2) is 4.39 Å². The zero-order chi connectivity index (χ0) is 13.0. The van der Waals surface area contributed by atoms with Crippen LogP contribution in [0.1, 0.15) is 6.42 Å². The summed E-state index contributed by atoms with van der Waals surface area (Å²) in [7, 11) is 1.67. The van der Waals surface area contributed by atoms with Gasteiger partial charge in [0.25, 0.3) is 0 Å². The Balaban J connectivity index is 1.97. The van der Waals surface area contributed by atoms with E-state index in [1.54, 1.807) is 31.0 Å². The molecule has 0 amide bonds. The standard InChI is InChI=1S/C12H14ClFN2OS/c1-17-5-4-9-7-18-12(15-9)16-11-3-2-8(13)6-10(11)14/h2-3,6,9H,4-5,7H2,1H3,(H,15,16). The molecule has 1 heterocycles. The van der Waals surface area contributed by atoms with Crippen LogP contribution in [0.15, 0.2) is 23.2 Å². The molecule has 1 atom stereocenters. The zero-order valence-corrected chi connectivity index (χ0v) is 11.5. The SMILES string of the molecule is COCCC1CSC(Nc2ccc(Cl)cc2F)=N1. The van der Waals surface area contributed by atoms with E-state index in [4.69, 9.17) is 16.3 Å². The Morgan fingerprint density at radius 2 is 2.44 bits per heavy atom. The van der Waals surface area contributed by atoms with E-state index >= 15 is 0 Å². The molecule has 0 saturated heterocycles. The molecule has 6 heteroatoms. The topological polar surface area (TPSA) is 33.6 Å². The zero-order valence-electron chi connectivity index (χ0n) is 9.95. The third-order valence-corrected chi connectivity index (χ3v) is 3.81. The van der Waals surface area contributed by atoms with Gasteiger partial charge >= 0.3 is 0 Å². The fourth-order valence-electron chi connectivity index (χ4n) is 1.59. The minimum Gasteiger partial charge on any atom is -0.385 e. The number of halogens is 2. The highest BCUT2D eigenvalue weighted by Crippen LogP contribution is 2.24. The number of rotatable bonds is 4. The van der Waals surface area contributed by atoms with Crippen LogP contribution in [0.25, 0.3) is 0 Å². The Hall–Kier alpha value is -0.780. The monoisotopic (exact) mass is 288 g/mol. The predicted molar refractivity (Wildman–Crippen MR) is 75.2 cm³/mol. The summed E-state index contributed by atoms with van der Waals surface area (Å²) in [5.74, 6) is 0.534. The fourth-order valence-corrected chi connectivity index (χ4v) is 2.75. The minimum absolute atomic E-state index is 0.243. The summed E-state index contributed by atoms with van der Waals surface area (Å²) < 4.78 is 18.6. The first kappa shape index (κ1) is 13.6. The molecular formula is C12H14ClFN2OS. The van der Waals surface area contributed by atoms with Crippen LogP contribution >= 0.6 is 23.4 Å². The van der Waals surface area contributed by atoms with Crippen molar-refractivity contribution in [3.05, 3.63) is 29.0 Å². The highest BCUT2D eigenvalue weighted by atomic mass is 35.5. The van der Waals surface area contributed by atoms with Crippen molar-refractivity contribution in [3.63, 3.8) is 0 Å². The second kappa shape index (κ2) is 6.41. The summed E-state index contributed by atoms with van der Waals surface area (Å²) in [4.78, 5) is 4.47. The Labute approximate surface area is 115 Å².